The molecule has 5 heterocycles. The highest BCUT2D eigenvalue weighted by atomic mass is 16.8. The van der Waals surface area contributed by atoms with E-state index in [1.54, 1.807) is 0 Å². The zero-order chi connectivity index (χ0) is 62.0. The predicted molar refractivity (Wildman–Crippen MR) is 288 cm³/mol. The smallest absolute Gasteiger partial charge is 0.315 e. The molecule has 26 nitrogen and oxygen atoms in total. The van der Waals surface area contributed by atoms with Crippen molar-refractivity contribution >= 4 is 5.97 Å². The second-order valence-electron chi connectivity index (χ2n) is 28.6. The monoisotopic (exact) mass is 1220 g/mol. The Bertz CT molecular complexity index is 2360. The van der Waals surface area contributed by atoms with Crippen molar-refractivity contribution in [2.24, 2.45) is 50.2 Å². The van der Waals surface area contributed by atoms with Crippen LogP contribution < -0.4 is 0 Å². The molecule has 85 heavy (non-hydrogen) atoms. The Labute approximate surface area is 494 Å². The Balaban J connectivity index is 0.917. The fraction of sp³-hybridized carbons (Fsp3) is 0.949. The first-order chi connectivity index (χ1) is 39.8. The highest BCUT2D eigenvalue weighted by Crippen LogP contribution is 2.76. The number of carbonyl (C=O) groups excluding carboxylic acids is 1. The van der Waals surface area contributed by atoms with Gasteiger partial charge in [0.1, 0.15) is 104 Å². The highest BCUT2D eigenvalue weighted by molar-refractivity contribution is 5.79. The van der Waals surface area contributed by atoms with Crippen LogP contribution in [0.2, 0.25) is 0 Å². The zero-order valence-electron chi connectivity index (χ0n) is 49.8. The molecule has 5 saturated heterocycles. The number of rotatable bonds is 13. The molecule has 10 aliphatic rings. The Morgan fingerprint density at radius 3 is 1.61 bits per heavy atom. The van der Waals surface area contributed by atoms with Gasteiger partial charge in [0.05, 0.1) is 44.1 Å². The van der Waals surface area contributed by atoms with Gasteiger partial charge in [0.15, 0.2) is 31.3 Å². The van der Waals surface area contributed by atoms with Crippen LogP contribution in [0.25, 0.3) is 0 Å². The van der Waals surface area contributed by atoms with Gasteiger partial charge in [-0.2, -0.15) is 0 Å². The first-order valence-electron chi connectivity index (χ1n) is 30.6. The van der Waals surface area contributed by atoms with Crippen LogP contribution in [-0.2, 0) is 52.2 Å². The summed E-state index contributed by atoms with van der Waals surface area (Å²) < 4.78 is 60.5. The molecule has 0 bridgehead atoms. The average molecular weight is 1220 g/mol. The molecule has 5 aliphatic heterocycles. The van der Waals surface area contributed by atoms with E-state index in [4.69, 9.17) is 47.4 Å². The SMILES string of the molecule is C[C@@H]1O[C@@H](O[C@H]2[C@H](OC(=O)[C@]34CCC(C)(C)C[C@H]3C3=CC[C@@H]5[C@@]6(C)CC[C@H](O[C@@H]7O[C@H](CO)[C@@H](O)[C@H](O)[C@H]7O)C(C)(C)[C@@H]6CC[C@@]5(C)[C@@]3(C)CC4)OC[C@@H](O[C@@H]3O[C@H](CO)[C@@H](O)[C@H](O)[C@H]3O)[C@@H]2O)[C@H](O)[C@H](O[C@@H]2O[C@H](CO)[C@@H](O)[C@H](O)[C@H]2O)[C@H]1O. The van der Waals surface area contributed by atoms with Crippen molar-refractivity contribution in [3.8, 4) is 0 Å². The number of hydrogen-bond acceptors (Lipinski definition) is 26. The summed E-state index contributed by atoms with van der Waals surface area (Å²) in [6, 6.07) is 0. The van der Waals surface area contributed by atoms with E-state index < -0.39 is 191 Å². The second-order valence-corrected chi connectivity index (χ2v) is 28.6. The van der Waals surface area contributed by atoms with Crippen LogP contribution >= 0.6 is 0 Å². The van der Waals surface area contributed by atoms with Crippen molar-refractivity contribution in [1.82, 2.24) is 0 Å². The Morgan fingerprint density at radius 2 is 1.05 bits per heavy atom. The van der Waals surface area contributed by atoms with Crippen LogP contribution in [-0.4, -0.2) is 263 Å². The highest BCUT2D eigenvalue weighted by Gasteiger charge is 2.70. The third-order valence-electron chi connectivity index (χ3n) is 23.1. The van der Waals surface area contributed by atoms with Crippen molar-refractivity contribution in [3.05, 3.63) is 11.6 Å². The van der Waals surface area contributed by atoms with E-state index in [1.165, 1.54) is 12.5 Å². The molecule has 0 aromatic carbocycles. The minimum Gasteiger partial charge on any atom is -0.432 e. The normalized spacial score (nSPS) is 54.1. The Kier molecular flexibility index (Phi) is 19.0. The molecule has 0 spiro atoms. The molecule has 15 N–H and O–H groups in total. The summed E-state index contributed by atoms with van der Waals surface area (Å²) in [5.74, 6) is -0.530. The number of hydrogen-bond donors (Lipinski definition) is 15. The summed E-state index contributed by atoms with van der Waals surface area (Å²) in [4.78, 5) is 15.7. The fourth-order valence-electron chi connectivity index (χ4n) is 17.6. The fourth-order valence-corrected chi connectivity index (χ4v) is 17.6. The summed E-state index contributed by atoms with van der Waals surface area (Å²) >= 11 is 0. The topological polar surface area (TPSA) is 413 Å². The summed E-state index contributed by atoms with van der Waals surface area (Å²) in [6.07, 6.45) is -31.0. The molecule has 9 fully saturated rings. The molecule has 488 valence electrons. The van der Waals surface area contributed by atoms with Crippen molar-refractivity contribution in [3.63, 3.8) is 0 Å². The number of aliphatic hydroxyl groups is 15. The maximum Gasteiger partial charge on any atom is 0.315 e. The quantitative estimate of drug-likeness (QED) is 0.0513. The molecule has 0 aromatic rings. The summed E-state index contributed by atoms with van der Waals surface area (Å²) in [5.41, 5.74) is -1.30. The summed E-state index contributed by atoms with van der Waals surface area (Å²) in [5, 5.41) is 161. The van der Waals surface area contributed by atoms with Gasteiger partial charge >= 0.3 is 5.97 Å². The summed E-state index contributed by atoms with van der Waals surface area (Å²) in [7, 11) is 0. The number of fused-ring (bicyclic) bond motifs is 7. The molecule has 26 heteroatoms. The van der Waals surface area contributed by atoms with Crippen LogP contribution in [0.15, 0.2) is 11.6 Å². The van der Waals surface area contributed by atoms with E-state index in [2.05, 4.69) is 54.5 Å². The maximum absolute atomic E-state index is 15.7. The first kappa shape index (κ1) is 66.2. The van der Waals surface area contributed by atoms with Crippen LogP contribution in [0.4, 0.5) is 0 Å². The maximum atomic E-state index is 15.7. The number of allylic oxidation sites excluding steroid dienone is 2. The minimum absolute atomic E-state index is 0.170. The van der Waals surface area contributed by atoms with E-state index in [-0.39, 0.29) is 45.5 Å². The van der Waals surface area contributed by atoms with E-state index >= 15 is 4.79 Å². The van der Waals surface area contributed by atoms with Crippen molar-refractivity contribution in [2.45, 2.75) is 273 Å². The lowest BCUT2D eigenvalue weighted by Gasteiger charge is -2.71. The van der Waals surface area contributed by atoms with Crippen LogP contribution in [0.1, 0.15) is 120 Å². The average Bonchev–Trinajstić information content (AvgIpc) is 0.691. The number of ether oxygens (including phenoxy) is 10. The van der Waals surface area contributed by atoms with Gasteiger partial charge in [-0.3, -0.25) is 4.79 Å². The first-order valence-corrected chi connectivity index (χ1v) is 30.6. The lowest BCUT2D eigenvalue weighted by atomic mass is 9.33. The van der Waals surface area contributed by atoms with Gasteiger partial charge in [-0.05, 0) is 116 Å². The van der Waals surface area contributed by atoms with E-state index in [1.807, 2.05) is 0 Å². The van der Waals surface area contributed by atoms with E-state index in [0.717, 1.165) is 25.7 Å². The lowest BCUT2D eigenvalue weighted by Crippen LogP contribution is -2.67. The molecule has 0 aromatic heterocycles. The van der Waals surface area contributed by atoms with E-state index in [9.17, 15) is 76.6 Å². The summed E-state index contributed by atoms with van der Waals surface area (Å²) in [6.45, 7) is 14.7. The molecule has 5 aliphatic carbocycles. The van der Waals surface area contributed by atoms with Gasteiger partial charge < -0.3 is 124 Å². The predicted octanol–water partition coefficient (Wildman–Crippen LogP) is -2.54. The van der Waals surface area contributed by atoms with Gasteiger partial charge in [-0.25, -0.2) is 0 Å². The lowest BCUT2D eigenvalue weighted by molar-refractivity contribution is -0.383. The van der Waals surface area contributed by atoms with Crippen LogP contribution in [0.3, 0.4) is 0 Å². The van der Waals surface area contributed by atoms with Gasteiger partial charge in [0, 0.05) is 0 Å². The minimum atomic E-state index is -2.00. The third-order valence-corrected chi connectivity index (χ3v) is 23.1. The second kappa shape index (κ2) is 24.4. The molecule has 0 radical (unpaired) electrons. The molecule has 0 unspecified atom stereocenters. The molecular formula is C59H96O26. The molecule has 0 amide bonds. The van der Waals surface area contributed by atoms with Crippen molar-refractivity contribution < 1.29 is 129 Å². The third kappa shape index (κ3) is 11.1. The van der Waals surface area contributed by atoms with Gasteiger partial charge in [0.25, 0.3) is 0 Å². The molecule has 10 rings (SSSR count). The molecule has 4 saturated carbocycles. The van der Waals surface area contributed by atoms with Crippen molar-refractivity contribution in [2.75, 3.05) is 26.4 Å². The Hall–Kier alpha value is -1.75. The van der Waals surface area contributed by atoms with Gasteiger partial charge in [0.2, 0.25) is 6.29 Å². The molecular weight excluding hydrogens is 1120 g/mol. The number of carbonyl (C=O) groups is 1. The van der Waals surface area contributed by atoms with Gasteiger partial charge in [-0.15, -0.1) is 0 Å². The van der Waals surface area contributed by atoms with Crippen LogP contribution in [0, 0.1) is 50.2 Å². The largest absolute Gasteiger partial charge is 0.432 e. The number of esters is 1. The van der Waals surface area contributed by atoms with Crippen molar-refractivity contribution in [1.29, 1.82) is 0 Å². The Morgan fingerprint density at radius 1 is 0.529 bits per heavy atom. The van der Waals surface area contributed by atoms with Crippen LogP contribution in [0.5, 0.6) is 0 Å². The number of aliphatic hydroxyl groups excluding tert-OH is 15. The van der Waals surface area contributed by atoms with Gasteiger partial charge in [-0.1, -0.05) is 60.1 Å². The molecule has 32 atom stereocenters. The zero-order valence-corrected chi connectivity index (χ0v) is 49.8. The standard InChI is InChI=1S/C59H96O26/c1-24-34(63)46(83-50-44(73)41(70)37(66)29(22-62)80-50)45(74)51(77-24)84-47-38(67)30(81-48-42(71)39(68)35(64)27(20-60)78-48)23-76-52(47)85-53(75)59-17-15-54(2,3)19-26(59)25-9-10-32-56(6)13-12-33(82-49-43(72)40(69)36(65)28(21-61)79-49)55(4,5)31(56)11-14-58(32,8)57(25,7)16-18-59/h9,24,26-52,60-74H,10-23H2,1-8H3/t24-,26-,27+,28+,29+,30+,31-,32+,33-,34-,35+,36+,37+,38-,39-,40-,41-,42+,43+,44+,45+,46+,47+,48-,49-,50-,51-,52-,56-,57-,58+,59-/m0/s1. The van der Waals surface area contributed by atoms with E-state index in [0.29, 0.717) is 38.5 Å².